The zero-order valence-corrected chi connectivity index (χ0v) is 12.7. The molecule has 6 nitrogen and oxygen atoms in total. The highest BCUT2D eigenvalue weighted by Gasteiger charge is 2.51. The Kier molecular flexibility index (Phi) is 3.87. The lowest BCUT2D eigenvalue weighted by molar-refractivity contribution is -0.144. The molecule has 2 saturated heterocycles. The van der Waals surface area contributed by atoms with E-state index in [0.717, 1.165) is 31.0 Å². The lowest BCUT2D eigenvalue weighted by Gasteiger charge is -2.41. The fourth-order valence-electron chi connectivity index (χ4n) is 3.62. The number of piperidine rings is 1. The van der Waals surface area contributed by atoms with Gasteiger partial charge in [0.2, 0.25) is 5.91 Å². The normalized spacial score (nSPS) is 24.4. The van der Waals surface area contributed by atoms with Crippen LogP contribution >= 0.6 is 0 Å². The number of carboxylic acids is 1. The van der Waals surface area contributed by atoms with Crippen LogP contribution in [0.15, 0.2) is 18.2 Å². The van der Waals surface area contributed by atoms with Gasteiger partial charge in [-0.05, 0) is 31.9 Å². The highest BCUT2D eigenvalue weighted by atomic mass is 16.4. The molecule has 6 heteroatoms. The van der Waals surface area contributed by atoms with Crippen molar-refractivity contribution in [3.63, 3.8) is 0 Å². The Morgan fingerprint density at radius 3 is 2.82 bits per heavy atom. The van der Waals surface area contributed by atoms with Crippen molar-refractivity contribution in [3.8, 4) is 0 Å². The van der Waals surface area contributed by atoms with Crippen molar-refractivity contribution in [2.45, 2.75) is 38.3 Å². The number of aromatic nitrogens is 1. The average Bonchev–Trinajstić information content (AvgIpc) is 2.79. The summed E-state index contributed by atoms with van der Waals surface area (Å²) in [4.78, 5) is 29.8. The number of amides is 1. The van der Waals surface area contributed by atoms with Crippen molar-refractivity contribution in [2.24, 2.45) is 5.92 Å². The van der Waals surface area contributed by atoms with Crippen LogP contribution < -0.4 is 5.32 Å². The van der Waals surface area contributed by atoms with E-state index in [9.17, 15) is 14.7 Å². The molecule has 2 fully saturated rings. The minimum Gasteiger partial charge on any atom is -0.481 e. The fourth-order valence-corrected chi connectivity index (χ4v) is 3.62. The van der Waals surface area contributed by atoms with Gasteiger partial charge in [0.25, 0.3) is 0 Å². The van der Waals surface area contributed by atoms with E-state index in [4.69, 9.17) is 0 Å². The molecule has 3 rings (SSSR count). The number of aryl methyl sites for hydroxylation is 1. The van der Waals surface area contributed by atoms with Crippen molar-refractivity contribution in [1.82, 2.24) is 15.2 Å². The van der Waals surface area contributed by atoms with Gasteiger partial charge in [-0.3, -0.25) is 19.5 Å². The Bertz CT molecular complexity index is 594. The second-order valence-corrected chi connectivity index (χ2v) is 6.35. The molecule has 0 bridgehead atoms. The SMILES string of the molecule is Cc1cccc(CN2CCC3(CC2)NC(=O)C[C@H]3C(=O)O)n1. The molecule has 0 aromatic carbocycles. The summed E-state index contributed by atoms with van der Waals surface area (Å²) in [5.41, 5.74) is 1.47. The van der Waals surface area contributed by atoms with Gasteiger partial charge in [0.15, 0.2) is 0 Å². The largest absolute Gasteiger partial charge is 0.481 e. The van der Waals surface area contributed by atoms with Gasteiger partial charge in [-0.1, -0.05) is 6.07 Å². The summed E-state index contributed by atoms with van der Waals surface area (Å²) in [7, 11) is 0. The molecule has 118 valence electrons. The molecule has 0 radical (unpaired) electrons. The average molecular weight is 303 g/mol. The first kappa shape index (κ1) is 15.0. The van der Waals surface area contributed by atoms with Crippen molar-refractivity contribution < 1.29 is 14.7 Å². The molecule has 1 atom stereocenters. The third-order valence-corrected chi connectivity index (χ3v) is 4.82. The Morgan fingerprint density at radius 2 is 2.18 bits per heavy atom. The lowest BCUT2D eigenvalue weighted by atomic mass is 9.77. The van der Waals surface area contributed by atoms with E-state index in [1.807, 2.05) is 25.1 Å². The number of nitrogens with zero attached hydrogens (tertiary/aromatic N) is 2. The molecule has 1 aromatic rings. The van der Waals surface area contributed by atoms with Gasteiger partial charge in [-0.15, -0.1) is 0 Å². The molecular formula is C16H21N3O3. The third-order valence-electron chi connectivity index (χ3n) is 4.82. The van der Waals surface area contributed by atoms with Crippen LogP contribution in [0.4, 0.5) is 0 Å². The Balaban J connectivity index is 1.65. The van der Waals surface area contributed by atoms with E-state index in [1.165, 1.54) is 0 Å². The first-order valence-electron chi connectivity index (χ1n) is 7.67. The van der Waals surface area contributed by atoms with Crippen molar-refractivity contribution in [2.75, 3.05) is 13.1 Å². The quantitative estimate of drug-likeness (QED) is 0.868. The van der Waals surface area contributed by atoms with Gasteiger partial charge in [0, 0.05) is 31.7 Å². The topological polar surface area (TPSA) is 82.5 Å². The maximum absolute atomic E-state index is 11.6. The zero-order valence-electron chi connectivity index (χ0n) is 12.7. The molecule has 2 N–H and O–H groups in total. The van der Waals surface area contributed by atoms with E-state index < -0.39 is 17.4 Å². The molecule has 1 spiro atoms. The van der Waals surface area contributed by atoms with Crippen LogP contribution in [-0.4, -0.2) is 45.5 Å². The minimum atomic E-state index is -0.868. The van der Waals surface area contributed by atoms with Gasteiger partial charge >= 0.3 is 5.97 Å². The maximum atomic E-state index is 11.6. The number of aliphatic carboxylic acids is 1. The summed E-state index contributed by atoms with van der Waals surface area (Å²) in [6.45, 7) is 4.29. The number of likely N-dealkylation sites (tertiary alicyclic amines) is 1. The van der Waals surface area contributed by atoms with Crippen LogP contribution in [0.25, 0.3) is 0 Å². The van der Waals surface area contributed by atoms with Gasteiger partial charge < -0.3 is 10.4 Å². The number of pyridine rings is 1. The van der Waals surface area contributed by atoms with Crippen LogP contribution in [0.1, 0.15) is 30.7 Å². The summed E-state index contributed by atoms with van der Waals surface area (Å²) in [6, 6.07) is 5.98. The van der Waals surface area contributed by atoms with E-state index in [2.05, 4.69) is 15.2 Å². The summed E-state index contributed by atoms with van der Waals surface area (Å²) < 4.78 is 0. The van der Waals surface area contributed by atoms with E-state index in [1.54, 1.807) is 0 Å². The van der Waals surface area contributed by atoms with Crippen LogP contribution in [0.5, 0.6) is 0 Å². The molecular weight excluding hydrogens is 282 g/mol. The van der Waals surface area contributed by atoms with E-state index in [-0.39, 0.29) is 12.3 Å². The van der Waals surface area contributed by atoms with Crippen LogP contribution in [0.2, 0.25) is 0 Å². The zero-order chi connectivity index (χ0) is 15.7. The predicted octanol–water partition coefficient (Wildman–Crippen LogP) is 0.945. The van der Waals surface area contributed by atoms with Crippen LogP contribution in [0.3, 0.4) is 0 Å². The molecule has 0 aliphatic carbocycles. The molecule has 0 saturated carbocycles. The van der Waals surface area contributed by atoms with Gasteiger partial charge in [-0.2, -0.15) is 0 Å². The Morgan fingerprint density at radius 1 is 1.45 bits per heavy atom. The first-order chi connectivity index (χ1) is 10.5. The predicted molar refractivity (Wildman–Crippen MR) is 80.1 cm³/mol. The number of carboxylic acid groups (broad SMARTS) is 1. The summed E-state index contributed by atoms with van der Waals surface area (Å²) in [6.07, 6.45) is 1.47. The van der Waals surface area contributed by atoms with Gasteiger partial charge in [0.05, 0.1) is 17.2 Å². The lowest BCUT2D eigenvalue weighted by Crippen LogP contribution is -2.55. The molecule has 0 unspecified atom stereocenters. The number of carbonyl (C=O) groups is 2. The third kappa shape index (κ3) is 2.83. The summed E-state index contributed by atoms with van der Waals surface area (Å²) in [5.74, 6) is -1.60. The number of hydrogen-bond donors (Lipinski definition) is 2. The van der Waals surface area contributed by atoms with Gasteiger partial charge in [0.1, 0.15) is 0 Å². The monoisotopic (exact) mass is 303 g/mol. The summed E-state index contributed by atoms with van der Waals surface area (Å²) >= 11 is 0. The van der Waals surface area contributed by atoms with Crippen molar-refractivity contribution >= 4 is 11.9 Å². The summed E-state index contributed by atoms with van der Waals surface area (Å²) in [5, 5.41) is 12.3. The van der Waals surface area contributed by atoms with Gasteiger partial charge in [-0.25, -0.2) is 0 Å². The number of rotatable bonds is 3. The van der Waals surface area contributed by atoms with Crippen LogP contribution in [-0.2, 0) is 16.1 Å². The fraction of sp³-hybridized carbons (Fsp3) is 0.562. The molecule has 1 amide bonds. The Hall–Kier alpha value is -1.95. The Labute approximate surface area is 129 Å². The second-order valence-electron chi connectivity index (χ2n) is 6.35. The smallest absolute Gasteiger partial charge is 0.309 e. The van der Waals surface area contributed by atoms with E-state index in [0.29, 0.717) is 12.8 Å². The molecule has 2 aliphatic rings. The highest BCUT2D eigenvalue weighted by Crippen LogP contribution is 2.37. The maximum Gasteiger partial charge on any atom is 0.309 e. The standard InChI is InChI=1S/C16H21N3O3/c1-11-3-2-4-12(17-11)10-19-7-5-16(6-8-19)13(15(21)22)9-14(20)18-16/h2-4,13H,5-10H2,1H3,(H,18,20)(H,21,22)/t13-/m0/s1. The number of nitrogens with one attached hydrogen (secondary N) is 1. The highest BCUT2D eigenvalue weighted by molar-refractivity contribution is 5.88. The molecule has 3 heterocycles. The van der Waals surface area contributed by atoms with Crippen LogP contribution in [0, 0.1) is 12.8 Å². The van der Waals surface area contributed by atoms with Crippen molar-refractivity contribution in [1.29, 1.82) is 0 Å². The minimum absolute atomic E-state index is 0.106. The first-order valence-corrected chi connectivity index (χ1v) is 7.67. The van der Waals surface area contributed by atoms with Crippen molar-refractivity contribution in [3.05, 3.63) is 29.6 Å². The second kappa shape index (κ2) is 5.68. The number of hydrogen-bond acceptors (Lipinski definition) is 4. The number of carbonyl (C=O) groups excluding carboxylic acids is 1. The van der Waals surface area contributed by atoms with E-state index >= 15 is 0 Å². The molecule has 22 heavy (non-hydrogen) atoms. The molecule has 1 aromatic heterocycles. The molecule has 2 aliphatic heterocycles.